The number of halogens is 1. The van der Waals surface area contributed by atoms with Crippen molar-refractivity contribution in [2.24, 2.45) is 0 Å². The van der Waals surface area contributed by atoms with Gasteiger partial charge >= 0.3 is 0 Å². The first kappa shape index (κ1) is 13.2. The van der Waals surface area contributed by atoms with Crippen molar-refractivity contribution in [3.8, 4) is 5.75 Å². The molecule has 0 saturated carbocycles. The summed E-state index contributed by atoms with van der Waals surface area (Å²) < 4.78 is 6.16. The van der Waals surface area contributed by atoms with Crippen LogP contribution in [-0.2, 0) is 0 Å². The third-order valence-corrected chi connectivity index (χ3v) is 4.13. The second kappa shape index (κ2) is 5.57. The molecule has 1 aromatic carbocycles. The number of nitrogens with two attached hydrogens (primary N) is 1. The average molecular weight is 374 g/mol. The zero-order valence-electron chi connectivity index (χ0n) is 9.57. The van der Waals surface area contributed by atoms with Crippen LogP contribution in [0.1, 0.15) is 10.4 Å². The fourth-order valence-corrected chi connectivity index (χ4v) is 2.72. The maximum atomic E-state index is 12.0. The van der Waals surface area contributed by atoms with E-state index in [1.54, 1.807) is 25.3 Å². The monoisotopic (exact) mass is 374 g/mol. The molecule has 0 saturated heterocycles. The van der Waals surface area contributed by atoms with Gasteiger partial charge in [0.05, 0.1) is 26.9 Å². The van der Waals surface area contributed by atoms with Gasteiger partial charge < -0.3 is 15.8 Å². The molecule has 0 bridgehead atoms. The van der Waals surface area contributed by atoms with E-state index < -0.39 is 0 Å². The fraction of sp³-hybridized carbons (Fsp3) is 0.0833. The number of carbonyl (C=O) groups is 1. The molecule has 2 rings (SSSR count). The van der Waals surface area contributed by atoms with Crippen molar-refractivity contribution in [2.75, 3.05) is 18.2 Å². The fourth-order valence-electron chi connectivity index (χ4n) is 1.39. The highest BCUT2D eigenvalue weighted by Gasteiger charge is 2.10. The van der Waals surface area contributed by atoms with Crippen LogP contribution in [0, 0.1) is 2.88 Å². The summed E-state index contributed by atoms with van der Waals surface area (Å²) in [4.78, 5) is 12.0. The molecule has 0 aliphatic heterocycles. The first-order valence-electron chi connectivity index (χ1n) is 5.09. The highest BCUT2D eigenvalue weighted by atomic mass is 127. The minimum atomic E-state index is -0.172. The molecule has 1 amide bonds. The van der Waals surface area contributed by atoms with Crippen LogP contribution in [0.4, 0.5) is 11.4 Å². The molecule has 6 heteroatoms. The van der Waals surface area contributed by atoms with Crippen LogP contribution < -0.4 is 15.8 Å². The van der Waals surface area contributed by atoms with Gasteiger partial charge in [0, 0.05) is 11.4 Å². The normalized spacial score (nSPS) is 10.1. The predicted molar refractivity (Wildman–Crippen MR) is 82.4 cm³/mol. The molecule has 3 N–H and O–H groups in total. The summed E-state index contributed by atoms with van der Waals surface area (Å²) in [6.07, 6.45) is 0. The van der Waals surface area contributed by atoms with Crippen molar-refractivity contribution in [2.45, 2.75) is 0 Å². The number of benzene rings is 1. The second-order valence-electron chi connectivity index (χ2n) is 3.55. The van der Waals surface area contributed by atoms with Crippen LogP contribution in [0.5, 0.6) is 5.75 Å². The Kier molecular flexibility index (Phi) is 4.07. The van der Waals surface area contributed by atoms with E-state index in [2.05, 4.69) is 27.9 Å². The van der Waals surface area contributed by atoms with Crippen LogP contribution in [0.3, 0.4) is 0 Å². The van der Waals surface area contributed by atoms with Crippen LogP contribution in [0.15, 0.2) is 29.6 Å². The SMILES string of the molecule is COc1ccc(N)c(NC(=O)c2csc(I)c2)c1. The second-order valence-corrected chi connectivity index (χ2v) is 6.35. The largest absolute Gasteiger partial charge is 0.497 e. The van der Waals surface area contributed by atoms with Crippen molar-refractivity contribution < 1.29 is 9.53 Å². The summed E-state index contributed by atoms with van der Waals surface area (Å²) in [7, 11) is 1.57. The standard InChI is InChI=1S/C12H11IN2O2S/c1-17-8-2-3-9(14)10(5-8)15-12(16)7-4-11(13)18-6-7/h2-6H,14H2,1H3,(H,15,16). The highest BCUT2D eigenvalue weighted by molar-refractivity contribution is 14.1. The van der Waals surface area contributed by atoms with Gasteiger partial charge in [0.2, 0.25) is 0 Å². The van der Waals surface area contributed by atoms with Gasteiger partial charge in [0.1, 0.15) is 5.75 Å². The Morgan fingerprint density at radius 2 is 2.22 bits per heavy atom. The van der Waals surface area contributed by atoms with Gasteiger partial charge in [-0.05, 0) is 40.8 Å². The molecule has 4 nitrogen and oxygen atoms in total. The lowest BCUT2D eigenvalue weighted by molar-refractivity contribution is 0.102. The lowest BCUT2D eigenvalue weighted by Crippen LogP contribution is -2.12. The van der Waals surface area contributed by atoms with E-state index in [1.807, 2.05) is 11.4 Å². The number of nitrogen functional groups attached to an aromatic ring is 1. The van der Waals surface area contributed by atoms with Gasteiger partial charge in [-0.3, -0.25) is 4.79 Å². The number of rotatable bonds is 3. The highest BCUT2D eigenvalue weighted by Crippen LogP contribution is 2.25. The van der Waals surface area contributed by atoms with Crippen LogP contribution >= 0.6 is 33.9 Å². The van der Waals surface area contributed by atoms with E-state index in [0.29, 0.717) is 22.7 Å². The molecule has 18 heavy (non-hydrogen) atoms. The van der Waals surface area contributed by atoms with Gasteiger partial charge in [-0.1, -0.05) is 0 Å². The summed E-state index contributed by atoms with van der Waals surface area (Å²) in [5.74, 6) is 0.480. The number of amides is 1. The molecule has 0 spiro atoms. The summed E-state index contributed by atoms with van der Waals surface area (Å²) in [5, 5.41) is 4.59. The number of ether oxygens (including phenoxy) is 1. The minimum absolute atomic E-state index is 0.172. The number of hydrogen-bond acceptors (Lipinski definition) is 4. The molecule has 0 unspecified atom stereocenters. The van der Waals surface area contributed by atoms with Crippen molar-refractivity contribution in [1.82, 2.24) is 0 Å². The van der Waals surface area contributed by atoms with E-state index in [0.717, 1.165) is 2.88 Å². The quantitative estimate of drug-likeness (QED) is 0.641. The summed E-state index contributed by atoms with van der Waals surface area (Å²) in [6, 6.07) is 6.98. The first-order chi connectivity index (χ1) is 8.60. The molecule has 0 radical (unpaired) electrons. The average Bonchev–Trinajstić information content (AvgIpc) is 2.79. The van der Waals surface area contributed by atoms with Crippen LogP contribution in [0.25, 0.3) is 0 Å². The van der Waals surface area contributed by atoms with E-state index >= 15 is 0 Å². The molecule has 1 heterocycles. The third kappa shape index (κ3) is 2.94. The van der Waals surface area contributed by atoms with Crippen molar-refractivity contribution in [1.29, 1.82) is 0 Å². The Morgan fingerprint density at radius 1 is 1.44 bits per heavy atom. The Bertz CT molecular complexity index is 583. The number of anilines is 2. The van der Waals surface area contributed by atoms with Gasteiger partial charge in [0.15, 0.2) is 0 Å². The molecule has 0 aliphatic carbocycles. The molecule has 0 fully saturated rings. The van der Waals surface area contributed by atoms with Crippen LogP contribution in [-0.4, -0.2) is 13.0 Å². The van der Waals surface area contributed by atoms with E-state index in [-0.39, 0.29) is 5.91 Å². The maximum absolute atomic E-state index is 12.0. The van der Waals surface area contributed by atoms with Crippen molar-refractivity contribution in [3.05, 3.63) is 38.1 Å². The number of nitrogens with one attached hydrogen (secondary N) is 1. The Balaban J connectivity index is 2.21. The molecular formula is C12H11IN2O2S. The van der Waals surface area contributed by atoms with E-state index in [9.17, 15) is 4.79 Å². The minimum Gasteiger partial charge on any atom is -0.497 e. The lowest BCUT2D eigenvalue weighted by atomic mass is 10.2. The number of hydrogen-bond donors (Lipinski definition) is 2. The van der Waals surface area contributed by atoms with Crippen molar-refractivity contribution >= 4 is 51.2 Å². The Labute approximate surface area is 122 Å². The van der Waals surface area contributed by atoms with Gasteiger partial charge in [0.25, 0.3) is 5.91 Å². The lowest BCUT2D eigenvalue weighted by Gasteiger charge is -2.09. The van der Waals surface area contributed by atoms with Crippen molar-refractivity contribution in [3.63, 3.8) is 0 Å². The molecule has 94 valence electrons. The molecule has 1 aromatic heterocycles. The Hall–Kier alpha value is -1.28. The predicted octanol–water partition coefficient (Wildman–Crippen LogP) is 3.20. The molecule has 2 aromatic rings. The zero-order valence-corrected chi connectivity index (χ0v) is 12.5. The van der Waals surface area contributed by atoms with Crippen LogP contribution in [0.2, 0.25) is 0 Å². The first-order valence-corrected chi connectivity index (χ1v) is 7.05. The Morgan fingerprint density at radius 3 is 2.83 bits per heavy atom. The number of thiophene rings is 1. The summed E-state index contributed by atoms with van der Waals surface area (Å²) >= 11 is 3.70. The van der Waals surface area contributed by atoms with Gasteiger partial charge in [-0.25, -0.2) is 0 Å². The van der Waals surface area contributed by atoms with E-state index in [4.69, 9.17) is 10.5 Å². The summed E-state index contributed by atoms with van der Waals surface area (Å²) in [5.41, 5.74) is 7.50. The molecule has 0 aliphatic rings. The number of carbonyl (C=O) groups excluding carboxylic acids is 1. The third-order valence-electron chi connectivity index (χ3n) is 2.34. The van der Waals surface area contributed by atoms with Gasteiger partial charge in [-0.15, -0.1) is 11.3 Å². The summed E-state index contributed by atoms with van der Waals surface area (Å²) in [6.45, 7) is 0. The topological polar surface area (TPSA) is 64.3 Å². The number of methoxy groups -OCH3 is 1. The maximum Gasteiger partial charge on any atom is 0.256 e. The van der Waals surface area contributed by atoms with Gasteiger partial charge in [-0.2, -0.15) is 0 Å². The smallest absolute Gasteiger partial charge is 0.256 e. The zero-order chi connectivity index (χ0) is 13.1. The molecular weight excluding hydrogens is 363 g/mol. The molecule has 0 atom stereocenters. The van der Waals surface area contributed by atoms with E-state index in [1.165, 1.54) is 11.3 Å².